The topological polar surface area (TPSA) is 55.6 Å². The molecular weight excluding hydrogens is 420 g/mol. The SMILES string of the molecule is COc1ccc(C(=O)N2CCC(c3ncc(C)o3)=Cc3ccc(Br)cc32)cc1. The van der Waals surface area contributed by atoms with E-state index < -0.39 is 0 Å². The summed E-state index contributed by atoms with van der Waals surface area (Å²) in [5, 5.41) is 0. The Morgan fingerprint density at radius 2 is 2.00 bits per heavy atom. The van der Waals surface area contributed by atoms with E-state index in [1.807, 2.05) is 31.2 Å². The van der Waals surface area contributed by atoms with Crippen LogP contribution < -0.4 is 9.64 Å². The summed E-state index contributed by atoms with van der Waals surface area (Å²) in [5.74, 6) is 2.03. The number of nitrogens with zero attached hydrogens (tertiary/aromatic N) is 2. The van der Waals surface area contributed by atoms with Crippen molar-refractivity contribution in [3.05, 3.63) is 75.9 Å². The van der Waals surface area contributed by atoms with Gasteiger partial charge in [-0.15, -0.1) is 0 Å². The molecule has 0 bridgehead atoms. The van der Waals surface area contributed by atoms with Gasteiger partial charge in [0.15, 0.2) is 0 Å². The average molecular weight is 439 g/mol. The molecule has 1 aliphatic heterocycles. The van der Waals surface area contributed by atoms with Gasteiger partial charge in [0.1, 0.15) is 11.5 Å². The van der Waals surface area contributed by atoms with Gasteiger partial charge in [-0.3, -0.25) is 4.79 Å². The van der Waals surface area contributed by atoms with Crippen LogP contribution in [-0.4, -0.2) is 24.5 Å². The normalized spacial score (nSPS) is 13.5. The zero-order valence-corrected chi connectivity index (χ0v) is 17.2. The number of oxazole rings is 1. The van der Waals surface area contributed by atoms with Crippen LogP contribution in [0.25, 0.3) is 11.6 Å². The molecule has 0 unspecified atom stereocenters. The van der Waals surface area contributed by atoms with Crippen molar-refractivity contribution in [3.63, 3.8) is 0 Å². The molecule has 0 saturated heterocycles. The summed E-state index contributed by atoms with van der Waals surface area (Å²) < 4.78 is 11.8. The summed E-state index contributed by atoms with van der Waals surface area (Å²) in [6.07, 6.45) is 4.41. The fraction of sp³-hybridized carbons (Fsp3) is 0.182. The Morgan fingerprint density at radius 1 is 1.21 bits per heavy atom. The Hall–Kier alpha value is -2.86. The number of ether oxygens (including phenoxy) is 1. The van der Waals surface area contributed by atoms with E-state index in [1.165, 1.54) is 0 Å². The zero-order chi connectivity index (χ0) is 19.7. The molecule has 0 N–H and O–H groups in total. The van der Waals surface area contributed by atoms with Crippen molar-refractivity contribution in [2.45, 2.75) is 13.3 Å². The lowest BCUT2D eigenvalue weighted by atomic mass is 10.1. The summed E-state index contributed by atoms with van der Waals surface area (Å²) in [5.41, 5.74) is 3.39. The molecule has 6 heteroatoms. The Kier molecular flexibility index (Phi) is 5.05. The van der Waals surface area contributed by atoms with Gasteiger partial charge in [-0.25, -0.2) is 4.98 Å². The number of fused-ring (bicyclic) bond motifs is 1. The molecule has 0 aliphatic carbocycles. The molecular formula is C22H19BrN2O3. The van der Waals surface area contributed by atoms with Gasteiger partial charge >= 0.3 is 0 Å². The molecule has 28 heavy (non-hydrogen) atoms. The third kappa shape index (κ3) is 3.60. The van der Waals surface area contributed by atoms with E-state index in [1.54, 1.807) is 42.5 Å². The van der Waals surface area contributed by atoms with Gasteiger partial charge in [0, 0.05) is 22.2 Å². The number of rotatable bonds is 3. The van der Waals surface area contributed by atoms with Crippen LogP contribution in [0.3, 0.4) is 0 Å². The van der Waals surface area contributed by atoms with Gasteiger partial charge in [0.2, 0.25) is 5.89 Å². The van der Waals surface area contributed by atoms with Crippen molar-refractivity contribution in [2.24, 2.45) is 0 Å². The van der Waals surface area contributed by atoms with Crippen molar-refractivity contribution in [3.8, 4) is 5.75 Å². The quantitative estimate of drug-likeness (QED) is 0.553. The number of amides is 1. The Morgan fingerprint density at radius 3 is 2.68 bits per heavy atom. The minimum Gasteiger partial charge on any atom is -0.497 e. The van der Waals surface area contributed by atoms with Crippen molar-refractivity contribution < 1.29 is 13.9 Å². The molecule has 0 spiro atoms. The standard InChI is InChI=1S/C22H19BrN2O3/c1-14-13-24-21(28-14)17-9-10-25(20-12-18(23)6-3-16(20)11-17)22(26)15-4-7-19(27-2)8-5-15/h3-8,11-13H,9-10H2,1-2H3. The maximum atomic E-state index is 13.3. The molecule has 142 valence electrons. The van der Waals surface area contributed by atoms with Crippen LogP contribution in [0.1, 0.15) is 34.0 Å². The minimum atomic E-state index is -0.0553. The molecule has 0 saturated carbocycles. The summed E-state index contributed by atoms with van der Waals surface area (Å²) in [4.78, 5) is 19.4. The van der Waals surface area contributed by atoms with Gasteiger partial charge in [-0.2, -0.15) is 0 Å². The molecule has 3 aromatic rings. The number of carbonyl (C=O) groups is 1. The maximum absolute atomic E-state index is 13.3. The summed E-state index contributed by atoms with van der Waals surface area (Å²) in [7, 11) is 1.61. The smallest absolute Gasteiger partial charge is 0.258 e. The van der Waals surface area contributed by atoms with Crippen LogP contribution in [-0.2, 0) is 0 Å². The summed E-state index contributed by atoms with van der Waals surface area (Å²) in [6.45, 7) is 2.40. The van der Waals surface area contributed by atoms with Crippen LogP contribution in [0.5, 0.6) is 5.75 Å². The van der Waals surface area contributed by atoms with Gasteiger partial charge in [-0.05, 0) is 61.4 Å². The number of benzene rings is 2. The van der Waals surface area contributed by atoms with E-state index in [2.05, 4.69) is 20.9 Å². The molecule has 2 aromatic carbocycles. The second-order valence-electron chi connectivity index (χ2n) is 6.58. The number of hydrogen-bond acceptors (Lipinski definition) is 4. The first-order valence-corrected chi connectivity index (χ1v) is 9.73. The first-order chi connectivity index (χ1) is 13.5. The molecule has 2 heterocycles. The number of halogens is 1. The molecule has 0 atom stereocenters. The third-order valence-corrected chi connectivity index (χ3v) is 5.19. The van der Waals surface area contributed by atoms with E-state index >= 15 is 0 Å². The predicted molar refractivity (Wildman–Crippen MR) is 113 cm³/mol. The van der Waals surface area contributed by atoms with Crippen molar-refractivity contribution in [2.75, 3.05) is 18.6 Å². The first kappa shape index (κ1) is 18.5. The zero-order valence-electron chi connectivity index (χ0n) is 15.6. The van der Waals surface area contributed by atoms with Gasteiger partial charge in [-0.1, -0.05) is 22.0 Å². The molecule has 1 aromatic heterocycles. The molecule has 5 nitrogen and oxygen atoms in total. The average Bonchev–Trinajstić information content (AvgIpc) is 3.05. The maximum Gasteiger partial charge on any atom is 0.258 e. The van der Waals surface area contributed by atoms with Crippen molar-refractivity contribution in [1.29, 1.82) is 0 Å². The Labute approximate surface area is 171 Å². The second kappa shape index (κ2) is 7.64. The monoisotopic (exact) mass is 438 g/mol. The van der Waals surface area contributed by atoms with E-state index in [4.69, 9.17) is 9.15 Å². The lowest BCUT2D eigenvalue weighted by molar-refractivity contribution is 0.0987. The van der Waals surface area contributed by atoms with E-state index in [9.17, 15) is 4.79 Å². The fourth-order valence-corrected chi connectivity index (χ4v) is 3.61. The lowest BCUT2D eigenvalue weighted by Crippen LogP contribution is -2.32. The van der Waals surface area contributed by atoms with Gasteiger partial charge in [0.05, 0.1) is 19.0 Å². The fourth-order valence-electron chi connectivity index (χ4n) is 3.26. The summed E-state index contributed by atoms with van der Waals surface area (Å²) in [6, 6.07) is 13.1. The Balaban J connectivity index is 1.73. The van der Waals surface area contributed by atoms with Crippen LogP contribution in [0.4, 0.5) is 5.69 Å². The van der Waals surface area contributed by atoms with Crippen LogP contribution in [0.2, 0.25) is 0 Å². The van der Waals surface area contributed by atoms with Crippen LogP contribution >= 0.6 is 15.9 Å². The molecule has 4 rings (SSSR count). The molecule has 1 amide bonds. The van der Waals surface area contributed by atoms with Crippen molar-refractivity contribution >= 4 is 39.2 Å². The summed E-state index contributed by atoms with van der Waals surface area (Å²) >= 11 is 3.52. The number of hydrogen-bond donors (Lipinski definition) is 0. The number of aryl methyl sites for hydroxylation is 1. The number of carbonyl (C=O) groups excluding carboxylic acids is 1. The lowest BCUT2D eigenvalue weighted by Gasteiger charge is -2.23. The van der Waals surface area contributed by atoms with Crippen LogP contribution in [0, 0.1) is 6.92 Å². The highest BCUT2D eigenvalue weighted by Crippen LogP contribution is 2.34. The predicted octanol–water partition coefficient (Wildman–Crippen LogP) is 5.35. The number of aromatic nitrogens is 1. The highest BCUT2D eigenvalue weighted by Gasteiger charge is 2.24. The minimum absolute atomic E-state index is 0.0553. The number of anilines is 1. The number of methoxy groups -OCH3 is 1. The second-order valence-corrected chi connectivity index (χ2v) is 7.50. The van der Waals surface area contributed by atoms with E-state index in [0.717, 1.165) is 32.8 Å². The largest absolute Gasteiger partial charge is 0.497 e. The highest BCUT2D eigenvalue weighted by molar-refractivity contribution is 9.10. The third-order valence-electron chi connectivity index (χ3n) is 4.70. The molecule has 0 fully saturated rings. The van der Waals surface area contributed by atoms with E-state index in [0.29, 0.717) is 24.4 Å². The van der Waals surface area contributed by atoms with Crippen LogP contribution in [0.15, 0.2) is 57.6 Å². The first-order valence-electron chi connectivity index (χ1n) is 8.94. The van der Waals surface area contributed by atoms with Gasteiger partial charge < -0.3 is 14.1 Å². The van der Waals surface area contributed by atoms with E-state index in [-0.39, 0.29) is 5.91 Å². The Bertz CT molecular complexity index is 1050. The highest BCUT2D eigenvalue weighted by atomic mass is 79.9. The molecule has 0 radical (unpaired) electrons. The molecule has 1 aliphatic rings. The van der Waals surface area contributed by atoms with Crippen molar-refractivity contribution in [1.82, 2.24) is 4.98 Å². The van der Waals surface area contributed by atoms with Gasteiger partial charge in [0.25, 0.3) is 5.91 Å².